The zero-order valence-electron chi connectivity index (χ0n) is 16.1. The average Bonchev–Trinajstić information content (AvgIpc) is 2.66. The summed E-state index contributed by atoms with van der Waals surface area (Å²) in [7, 11) is 6.17. The van der Waals surface area contributed by atoms with Gasteiger partial charge in [-0.1, -0.05) is 41.5 Å². The first-order valence-electron chi connectivity index (χ1n) is 8.78. The molecule has 144 valence electrons. The molecule has 1 aromatic carbocycles. The van der Waals surface area contributed by atoms with Crippen LogP contribution in [-0.4, -0.2) is 41.7 Å². The molecular weight excluding hydrogens is 400 g/mol. The molecule has 24 heavy (non-hydrogen) atoms. The van der Waals surface area contributed by atoms with E-state index in [1.165, 1.54) is 37.0 Å². The van der Waals surface area contributed by atoms with Gasteiger partial charge in [-0.15, -0.1) is 15.8 Å². The van der Waals surface area contributed by atoms with E-state index < -0.39 is 0 Å². The maximum atomic E-state index is 10.9. The minimum atomic E-state index is -0.0882. The Hall–Kier alpha value is 0.534. The van der Waals surface area contributed by atoms with Crippen molar-refractivity contribution in [2.45, 2.75) is 41.5 Å². The van der Waals surface area contributed by atoms with Crippen LogP contribution in [0.15, 0.2) is 30.3 Å². The van der Waals surface area contributed by atoms with Crippen molar-refractivity contribution in [1.29, 1.82) is 0 Å². The predicted octanol–water partition coefficient (Wildman–Crippen LogP) is 7.12. The fourth-order valence-corrected chi connectivity index (χ4v) is 5.18. The second kappa shape index (κ2) is 19.9. The molecule has 1 aromatic rings. The van der Waals surface area contributed by atoms with Gasteiger partial charge < -0.3 is 0 Å². The standard InChI is InChI=1S/C7H5O.2C6H15P.ClH.Ni/c8-6-7-4-2-1-3-5-7;2*1-4-7(5-2)6-3;;/h1-5H;2*4-6H2,1-3H3;1H;/q;;;;+1/p-1. The van der Waals surface area contributed by atoms with Crippen molar-refractivity contribution < 1.29 is 18.3 Å². The van der Waals surface area contributed by atoms with Crippen LogP contribution >= 0.6 is 26.0 Å². The van der Waals surface area contributed by atoms with Crippen LogP contribution < -0.4 is 0 Å². The third kappa shape index (κ3) is 14.8. The van der Waals surface area contributed by atoms with E-state index in [9.17, 15) is 4.79 Å². The Kier molecular flexibility index (Phi) is 22.1. The van der Waals surface area contributed by atoms with Gasteiger partial charge in [0, 0.05) is 0 Å². The van der Waals surface area contributed by atoms with Crippen molar-refractivity contribution in [3.05, 3.63) is 35.9 Å². The van der Waals surface area contributed by atoms with Crippen LogP contribution in [0.1, 0.15) is 51.9 Å². The Morgan fingerprint density at radius 1 is 0.792 bits per heavy atom. The predicted molar refractivity (Wildman–Crippen MR) is 114 cm³/mol. The summed E-state index contributed by atoms with van der Waals surface area (Å²) in [5.74, 6) is 0. The van der Waals surface area contributed by atoms with E-state index in [0.717, 1.165) is 0 Å². The average molecular weight is 436 g/mol. The molecule has 0 atom stereocenters. The zero-order chi connectivity index (χ0) is 18.8. The molecule has 0 heterocycles. The molecule has 0 aromatic heterocycles. The van der Waals surface area contributed by atoms with Gasteiger partial charge in [-0.05, 0) is 37.0 Å². The molecule has 0 bridgehead atoms. The molecule has 1 rings (SSSR count). The first kappa shape index (κ1) is 26.8. The van der Waals surface area contributed by atoms with Crippen LogP contribution in [0, 0.1) is 0 Å². The summed E-state index contributed by atoms with van der Waals surface area (Å²) in [5, 5.41) is 0. The van der Waals surface area contributed by atoms with Crippen molar-refractivity contribution in [3.63, 3.8) is 0 Å². The Bertz CT molecular complexity index is 359. The van der Waals surface area contributed by atoms with Crippen molar-refractivity contribution in [3.8, 4) is 0 Å². The molecule has 0 spiro atoms. The van der Waals surface area contributed by atoms with Crippen molar-refractivity contribution in [1.82, 2.24) is 0 Å². The summed E-state index contributed by atoms with van der Waals surface area (Å²) in [4.78, 5) is 10.9. The SMILES string of the molecule is CCP(CC)CC.CCP(CC)CC.O=[C]([Ni][Cl])c1ccccc1. The third-order valence-corrected chi connectivity index (χ3v) is 9.99. The Labute approximate surface area is 163 Å². The number of hydrogen-bond acceptors (Lipinski definition) is 1. The Morgan fingerprint density at radius 3 is 1.33 bits per heavy atom. The summed E-state index contributed by atoms with van der Waals surface area (Å²) in [6.45, 7) is 13.7. The molecule has 0 saturated heterocycles. The quantitative estimate of drug-likeness (QED) is 0.314. The molecule has 0 aliphatic rings. The van der Waals surface area contributed by atoms with Gasteiger partial charge in [-0.2, -0.15) is 0 Å². The van der Waals surface area contributed by atoms with Crippen LogP contribution in [0.5, 0.6) is 0 Å². The molecule has 0 aliphatic heterocycles. The van der Waals surface area contributed by atoms with Crippen molar-refractivity contribution >= 4 is 30.8 Å². The first-order chi connectivity index (χ1) is 11.5. The molecule has 0 fully saturated rings. The van der Waals surface area contributed by atoms with Crippen LogP contribution in [0.2, 0.25) is 0 Å². The summed E-state index contributed by atoms with van der Waals surface area (Å²) < 4.78 is -0.0882. The van der Waals surface area contributed by atoms with E-state index >= 15 is 0 Å². The van der Waals surface area contributed by atoms with Crippen molar-refractivity contribution in [2.75, 3.05) is 37.0 Å². The molecule has 5 heteroatoms. The van der Waals surface area contributed by atoms with Crippen LogP contribution in [0.3, 0.4) is 0 Å². The second-order valence-electron chi connectivity index (χ2n) is 4.91. The van der Waals surface area contributed by atoms with Gasteiger partial charge in [-0.25, -0.2) is 0 Å². The first-order valence-corrected chi connectivity index (χ1v) is 14.4. The van der Waals surface area contributed by atoms with Gasteiger partial charge in [0.25, 0.3) is 0 Å². The van der Waals surface area contributed by atoms with Gasteiger partial charge in [0.05, 0.1) is 0 Å². The monoisotopic (exact) mass is 434 g/mol. The number of hydrogen-bond donors (Lipinski definition) is 0. The van der Waals surface area contributed by atoms with E-state index in [0.29, 0.717) is 35.0 Å². The number of benzene rings is 1. The van der Waals surface area contributed by atoms with E-state index in [4.69, 9.17) is 10.2 Å². The van der Waals surface area contributed by atoms with E-state index in [-0.39, 0.29) is 4.75 Å². The molecule has 0 unspecified atom stereocenters. The van der Waals surface area contributed by atoms with Gasteiger partial charge in [0.15, 0.2) is 0 Å². The maximum absolute atomic E-state index is 10.9. The molecular formula is C19H35ClNiOP2. The summed E-state index contributed by atoms with van der Waals surface area (Å²) in [6.07, 6.45) is 8.51. The van der Waals surface area contributed by atoms with Gasteiger partial charge in [0.1, 0.15) is 0 Å². The third-order valence-electron chi connectivity index (χ3n) is 3.72. The van der Waals surface area contributed by atoms with Gasteiger partial charge >= 0.3 is 69.2 Å². The molecule has 0 aliphatic carbocycles. The molecule has 0 N–H and O–H groups in total. The minimum absolute atomic E-state index is 0.0882. The van der Waals surface area contributed by atoms with Gasteiger partial charge in [-0.3, -0.25) is 0 Å². The summed E-state index contributed by atoms with van der Waals surface area (Å²) in [5.41, 5.74) is 0.650. The Balaban J connectivity index is 0. The zero-order valence-corrected chi connectivity index (χ0v) is 19.7. The van der Waals surface area contributed by atoms with Crippen molar-refractivity contribution in [2.24, 2.45) is 0 Å². The fraction of sp³-hybridized carbons (Fsp3) is 0.632. The normalized spacial score (nSPS) is 10.0. The van der Waals surface area contributed by atoms with E-state index in [1.54, 1.807) is 12.1 Å². The number of halogens is 1. The number of carbonyl (C=O) groups is 1. The Morgan fingerprint density at radius 2 is 1.12 bits per heavy atom. The second-order valence-corrected chi connectivity index (χ2v) is 12.5. The van der Waals surface area contributed by atoms with Crippen LogP contribution in [0.4, 0.5) is 0 Å². The summed E-state index contributed by atoms with van der Waals surface area (Å²) in [6, 6.07) is 8.96. The van der Waals surface area contributed by atoms with E-state index in [2.05, 4.69) is 41.5 Å². The molecule has 0 amide bonds. The number of carbonyl (C=O) groups excluding carboxylic acids is 1. The van der Waals surface area contributed by atoms with E-state index in [1.807, 2.05) is 18.2 Å². The number of rotatable bonds is 8. The summed E-state index contributed by atoms with van der Waals surface area (Å²) >= 11 is 0.548. The van der Waals surface area contributed by atoms with Crippen LogP contribution in [-0.2, 0) is 13.5 Å². The fourth-order valence-electron chi connectivity index (χ4n) is 1.94. The van der Waals surface area contributed by atoms with Gasteiger partial charge in [0.2, 0.25) is 0 Å². The van der Waals surface area contributed by atoms with Crippen LogP contribution in [0.25, 0.3) is 0 Å². The molecule has 1 nitrogen and oxygen atoms in total. The topological polar surface area (TPSA) is 17.1 Å². The molecule has 0 radical (unpaired) electrons. The molecule has 0 saturated carbocycles.